The third kappa shape index (κ3) is 2.75. The fourth-order valence-electron chi connectivity index (χ4n) is 3.74. The maximum Gasteiger partial charge on any atom is 0.254 e. The van der Waals surface area contributed by atoms with Gasteiger partial charge in [-0.15, -0.1) is 12.4 Å². The number of carbonyl (C=O) groups is 1. The minimum atomic E-state index is 0. The SMILES string of the molecule is CCc1cc(C)c2c(c1)[C@H]1CNC[C@@H]1N(CCOC)C2=O.Cl. The average molecular weight is 325 g/mol. The number of benzene rings is 1. The molecule has 0 bridgehead atoms. The summed E-state index contributed by atoms with van der Waals surface area (Å²) < 4.78 is 5.18. The van der Waals surface area contributed by atoms with E-state index in [2.05, 4.69) is 31.3 Å². The highest BCUT2D eigenvalue weighted by atomic mass is 35.5. The zero-order chi connectivity index (χ0) is 15.0. The second kappa shape index (κ2) is 6.99. The molecular weight excluding hydrogens is 300 g/mol. The van der Waals surface area contributed by atoms with Crippen LogP contribution in [0.2, 0.25) is 0 Å². The maximum atomic E-state index is 12.9. The lowest BCUT2D eigenvalue weighted by Gasteiger charge is -2.39. The predicted molar refractivity (Wildman–Crippen MR) is 90.1 cm³/mol. The minimum absolute atomic E-state index is 0. The molecule has 0 spiro atoms. The van der Waals surface area contributed by atoms with Gasteiger partial charge in [0.25, 0.3) is 5.91 Å². The van der Waals surface area contributed by atoms with Gasteiger partial charge in [-0.1, -0.05) is 19.1 Å². The number of amides is 1. The van der Waals surface area contributed by atoms with Crippen molar-refractivity contribution >= 4 is 18.3 Å². The van der Waals surface area contributed by atoms with E-state index in [1.54, 1.807) is 7.11 Å². The number of hydrogen-bond acceptors (Lipinski definition) is 3. The van der Waals surface area contributed by atoms with Crippen molar-refractivity contribution in [3.8, 4) is 0 Å². The normalized spacial score (nSPS) is 23.0. The highest BCUT2D eigenvalue weighted by Crippen LogP contribution is 2.37. The van der Waals surface area contributed by atoms with E-state index in [0.29, 0.717) is 19.1 Å². The van der Waals surface area contributed by atoms with Crippen molar-refractivity contribution in [2.45, 2.75) is 32.2 Å². The molecule has 1 saturated heterocycles. The average Bonchev–Trinajstić information content (AvgIpc) is 2.95. The molecule has 2 atom stereocenters. The van der Waals surface area contributed by atoms with E-state index in [9.17, 15) is 4.79 Å². The number of nitrogens with one attached hydrogen (secondary N) is 1. The Kier molecular flexibility index (Phi) is 5.48. The molecule has 1 amide bonds. The van der Waals surface area contributed by atoms with E-state index in [4.69, 9.17) is 4.74 Å². The molecule has 2 aliphatic rings. The van der Waals surface area contributed by atoms with Crippen molar-refractivity contribution in [3.63, 3.8) is 0 Å². The Labute approximate surface area is 138 Å². The Morgan fingerprint density at radius 2 is 2.14 bits per heavy atom. The molecule has 0 aromatic heterocycles. The Bertz CT molecular complexity index is 562. The van der Waals surface area contributed by atoms with E-state index in [1.165, 1.54) is 11.1 Å². The van der Waals surface area contributed by atoms with Gasteiger partial charge in [0, 0.05) is 38.2 Å². The quantitative estimate of drug-likeness (QED) is 0.922. The molecule has 1 aromatic carbocycles. The summed E-state index contributed by atoms with van der Waals surface area (Å²) in [4.78, 5) is 14.9. The number of fused-ring (bicyclic) bond motifs is 3. The van der Waals surface area contributed by atoms with E-state index in [0.717, 1.165) is 30.6 Å². The topological polar surface area (TPSA) is 41.6 Å². The largest absolute Gasteiger partial charge is 0.383 e. The van der Waals surface area contributed by atoms with Crippen LogP contribution in [-0.4, -0.2) is 50.2 Å². The van der Waals surface area contributed by atoms with Gasteiger partial charge < -0.3 is 15.0 Å². The van der Waals surface area contributed by atoms with Crippen molar-refractivity contribution in [1.29, 1.82) is 0 Å². The Hall–Kier alpha value is -1.10. The first kappa shape index (κ1) is 17.3. The molecule has 2 aliphatic heterocycles. The predicted octanol–water partition coefficient (Wildman–Crippen LogP) is 2.14. The lowest BCUT2D eigenvalue weighted by atomic mass is 9.81. The number of rotatable bonds is 4. The molecular formula is C17H25ClN2O2. The van der Waals surface area contributed by atoms with Gasteiger partial charge in [-0.2, -0.15) is 0 Å². The molecule has 0 aliphatic carbocycles. The molecule has 1 fully saturated rings. The van der Waals surface area contributed by atoms with Gasteiger partial charge in [0.1, 0.15) is 0 Å². The van der Waals surface area contributed by atoms with Crippen molar-refractivity contribution < 1.29 is 9.53 Å². The fraction of sp³-hybridized carbons (Fsp3) is 0.588. The molecule has 4 nitrogen and oxygen atoms in total. The Balaban J connectivity index is 0.00000176. The van der Waals surface area contributed by atoms with Crippen LogP contribution in [-0.2, 0) is 11.2 Å². The minimum Gasteiger partial charge on any atom is -0.383 e. The summed E-state index contributed by atoms with van der Waals surface area (Å²) in [6, 6.07) is 4.68. The number of halogens is 1. The molecule has 122 valence electrons. The number of hydrogen-bond donors (Lipinski definition) is 1. The summed E-state index contributed by atoms with van der Waals surface area (Å²) in [7, 11) is 1.69. The van der Waals surface area contributed by atoms with Crippen LogP contribution in [0.3, 0.4) is 0 Å². The van der Waals surface area contributed by atoms with Crippen LogP contribution in [0.25, 0.3) is 0 Å². The molecule has 0 saturated carbocycles. The van der Waals surface area contributed by atoms with Crippen molar-refractivity contribution in [1.82, 2.24) is 10.2 Å². The van der Waals surface area contributed by atoms with Gasteiger partial charge in [0.05, 0.1) is 12.6 Å². The zero-order valence-corrected chi connectivity index (χ0v) is 14.3. The summed E-state index contributed by atoms with van der Waals surface area (Å²) in [6.07, 6.45) is 1.01. The molecule has 5 heteroatoms. The smallest absolute Gasteiger partial charge is 0.254 e. The number of nitrogens with zero attached hydrogens (tertiary/aromatic N) is 1. The third-order valence-corrected chi connectivity index (χ3v) is 4.83. The molecule has 3 rings (SSSR count). The Morgan fingerprint density at radius 1 is 1.36 bits per heavy atom. The molecule has 1 aromatic rings. The van der Waals surface area contributed by atoms with Crippen molar-refractivity contribution in [2.75, 3.05) is 33.4 Å². The number of carbonyl (C=O) groups excluding carboxylic acids is 1. The van der Waals surface area contributed by atoms with Crippen LogP contribution in [0.15, 0.2) is 12.1 Å². The molecule has 22 heavy (non-hydrogen) atoms. The summed E-state index contributed by atoms with van der Waals surface area (Å²) in [5.41, 5.74) is 4.62. The number of methoxy groups -OCH3 is 1. The summed E-state index contributed by atoms with van der Waals surface area (Å²) >= 11 is 0. The summed E-state index contributed by atoms with van der Waals surface area (Å²) in [5, 5.41) is 3.45. The number of aryl methyl sites for hydroxylation is 2. The second-order valence-corrected chi connectivity index (χ2v) is 6.05. The van der Waals surface area contributed by atoms with Crippen molar-refractivity contribution in [3.05, 3.63) is 34.4 Å². The number of ether oxygens (including phenoxy) is 1. The third-order valence-electron chi connectivity index (χ3n) is 4.83. The van der Waals surface area contributed by atoms with Gasteiger partial charge >= 0.3 is 0 Å². The standard InChI is InChI=1S/C17H24N2O2.ClH/c1-4-12-7-11(2)16-13(8-12)14-9-18-10-15(14)19(17(16)20)5-6-21-3;/h7-8,14-15,18H,4-6,9-10H2,1-3H3;1H/t14-,15+;/m1./s1. The van der Waals surface area contributed by atoms with Crippen LogP contribution < -0.4 is 5.32 Å². The fourth-order valence-corrected chi connectivity index (χ4v) is 3.74. The van der Waals surface area contributed by atoms with Gasteiger partial charge in [-0.25, -0.2) is 0 Å². The molecule has 0 unspecified atom stereocenters. The highest BCUT2D eigenvalue weighted by Gasteiger charge is 2.42. The highest BCUT2D eigenvalue weighted by molar-refractivity contribution is 5.99. The van der Waals surface area contributed by atoms with Crippen molar-refractivity contribution in [2.24, 2.45) is 0 Å². The zero-order valence-electron chi connectivity index (χ0n) is 13.5. The van der Waals surface area contributed by atoms with Gasteiger partial charge in [-0.3, -0.25) is 4.79 Å². The Morgan fingerprint density at radius 3 is 2.82 bits per heavy atom. The van der Waals surface area contributed by atoms with Gasteiger partial charge in [0.15, 0.2) is 0 Å². The van der Waals surface area contributed by atoms with Crippen LogP contribution >= 0.6 is 12.4 Å². The van der Waals surface area contributed by atoms with E-state index in [-0.39, 0.29) is 24.4 Å². The van der Waals surface area contributed by atoms with Crippen LogP contribution in [0, 0.1) is 6.92 Å². The molecule has 0 radical (unpaired) electrons. The molecule has 1 N–H and O–H groups in total. The first-order valence-electron chi connectivity index (χ1n) is 7.81. The van der Waals surface area contributed by atoms with Crippen LogP contribution in [0.5, 0.6) is 0 Å². The lowest BCUT2D eigenvalue weighted by molar-refractivity contribution is 0.0570. The second-order valence-electron chi connectivity index (χ2n) is 6.05. The van der Waals surface area contributed by atoms with Gasteiger partial charge in [0.2, 0.25) is 0 Å². The van der Waals surface area contributed by atoms with E-state index in [1.807, 2.05) is 4.90 Å². The van der Waals surface area contributed by atoms with Gasteiger partial charge in [-0.05, 0) is 30.0 Å². The lowest BCUT2D eigenvalue weighted by Crippen LogP contribution is -2.49. The monoisotopic (exact) mass is 324 g/mol. The first-order valence-corrected chi connectivity index (χ1v) is 7.81. The first-order chi connectivity index (χ1) is 10.2. The van der Waals surface area contributed by atoms with Crippen LogP contribution in [0.1, 0.15) is 39.9 Å². The van der Waals surface area contributed by atoms with E-state index >= 15 is 0 Å². The van der Waals surface area contributed by atoms with Crippen LogP contribution in [0.4, 0.5) is 0 Å². The molecule has 2 heterocycles. The summed E-state index contributed by atoms with van der Waals surface area (Å²) in [5.74, 6) is 0.590. The summed E-state index contributed by atoms with van der Waals surface area (Å²) in [6.45, 7) is 7.34. The maximum absolute atomic E-state index is 12.9. The van der Waals surface area contributed by atoms with E-state index < -0.39 is 0 Å².